The highest BCUT2D eigenvalue weighted by molar-refractivity contribution is 5.81. The van der Waals surface area contributed by atoms with Gasteiger partial charge in [-0.05, 0) is 18.6 Å². The molecule has 20 heavy (non-hydrogen) atoms. The van der Waals surface area contributed by atoms with Crippen LogP contribution in [-0.4, -0.2) is 36.6 Å². The Bertz CT molecular complexity index is 420. The van der Waals surface area contributed by atoms with Gasteiger partial charge >= 0.3 is 5.97 Å². The number of amides is 1. The maximum Gasteiger partial charge on any atom is 0.305 e. The fourth-order valence-electron chi connectivity index (χ4n) is 1.80. The smallest absolute Gasteiger partial charge is 0.305 e. The maximum absolute atomic E-state index is 11.8. The predicted molar refractivity (Wildman–Crippen MR) is 78.8 cm³/mol. The first-order valence-electron chi connectivity index (χ1n) is 6.92. The van der Waals surface area contributed by atoms with Gasteiger partial charge in [0.05, 0.1) is 13.0 Å². The van der Waals surface area contributed by atoms with Gasteiger partial charge in [0.1, 0.15) is 0 Å². The van der Waals surface area contributed by atoms with Crippen molar-refractivity contribution in [2.75, 3.05) is 24.5 Å². The molecule has 0 unspecified atom stereocenters. The zero-order valence-electron chi connectivity index (χ0n) is 11.8. The lowest BCUT2D eigenvalue weighted by atomic mass is 10.2. The van der Waals surface area contributed by atoms with Crippen LogP contribution in [0.25, 0.3) is 0 Å². The molecule has 0 saturated heterocycles. The van der Waals surface area contributed by atoms with E-state index in [0.717, 1.165) is 18.5 Å². The van der Waals surface area contributed by atoms with Gasteiger partial charge in [0, 0.05) is 18.8 Å². The zero-order valence-corrected chi connectivity index (χ0v) is 11.8. The average Bonchev–Trinajstić information content (AvgIpc) is 2.44. The fraction of sp³-hybridized carbons (Fsp3) is 0.467. The second-order valence-electron chi connectivity index (χ2n) is 4.60. The van der Waals surface area contributed by atoms with Gasteiger partial charge in [0.15, 0.2) is 0 Å². The SMILES string of the molecule is CCCCNC(=O)CN(CCC(=O)O)c1ccccc1. The number of aliphatic carboxylic acids is 1. The molecule has 5 nitrogen and oxygen atoms in total. The quantitative estimate of drug-likeness (QED) is 0.677. The number of para-hydroxylation sites is 1. The lowest BCUT2D eigenvalue weighted by Crippen LogP contribution is -2.38. The molecule has 0 spiro atoms. The number of unbranched alkanes of at least 4 members (excludes halogenated alkanes) is 1. The number of hydrogen-bond acceptors (Lipinski definition) is 3. The van der Waals surface area contributed by atoms with Crippen LogP contribution < -0.4 is 10.2 Å². The number of carboxylic acid groups (broad SMARTS) is 1. The minimum absolute atomic E-state index is 0.0110. The Balaban J connectivity index is 2.58. The number of carbonyl (C=O) groups is 2. The summed E-state index contributed by atoms with van der Waals surface area (Å²) in [6, 6.07) is 9.39. The van der Waals surface area contributed by atoms with Crippen molar-refractivity contribution in [3.05, 3.63) is 30.3 Å². The molecule has 2 N–H and O–H groups in total. The summed E-state index contributed by atoms with van der Waals surface area (Å²) in [6.45, 7) is 3.23. The van der Waals surface area contributed by atoms with E-state index in [2.05, 4.69) is 12.2 Å². The number of nitrogens with one attached hydrogen (secondary N) is 1. The van der Waals surface area contributed by atoms with Crippen LogP contribution >= 0.6 is 0 Å². The molecule has 0 aliphatic carbocycles. The largest absolute Gasteiger partial charge is 0.481 e. The number of nitrogens with zero attached hydrogens (tertiary/aromatic N) is 1. The van der Waals surface area contributed by atoms with Crippen LogP contribution in [0.4, 0.5) is 5.69 Å². The molecule has 110 valence electrons. The lowest BCUT2D eigenvalue weighted by Gasteiger charge is -2.23. The van der Waals surface area contributed by atoms with Gasteiger partial charge in [0.25, 0.3) is 0 Å². The number of rotatable bonds is 9. The van der Waals surface area contributed by atoms with E-state index in [-0.39, 0.29) is 18.9 Å². The normalized spacial score (nSPS) is 10.1. The van der Waals surface area contributed by atoms with Crippen molar-refractivity contribution in [2.45, 2.75) is 26.2 Å². The molecule has 1 aromatic rings. The third kappa shape index (κ3) is 6.22. The van der Waals surface area contributed by atoms with E-state index >= 15 is 0 Å². The van der Waals surface area contributed by atoms with Crippen molar-refractivity contribution in [2.24, 2.45) is 0 Å². The first-order valence-corrected chi connectivity index (χ1v) is 6.92. The van der Waals surface area contributed by atoms with Crippen LogP contribution in [-0.2, 0) is 9.59 Å². The second-order valence-corrected chi connectivity index (χ2v) is 4.60. The van der Waals surface area contributed by atoms with Crippen molar-refractivity contribution in [1.82, 2.24) is 5.32 Å². The van der Waals surface area contributed by atoms with E-state index in [0.29, 0.717) is 13.1 Å². The van der Waals surface area contributed by atoms with Crippen LogP contribution in [0.1, 0.15) is 26.2 Å². The Kier molecular flexibility index (Phi) is 7.17. The Morgan fingerprint density at radius 3 is 2.55 bits per heavy atom. The number of anilines is 1. The Morgan fingerprint density at radius 1 is 1.25 bits per heavy atom. The van der Waals surface area contributed by atoms with Crippen molar-refractivity contribution < 1.29 is 14.7 Å². The summed E-state index contributed by atoms with van der Waals surface area (Å²) in [4.78, 5) is 24.3. The summed E-state index contributed by atoms with van der Waals surface area (Å²) in [5.41, 5.74) is 0.861. The van der Waals surface area contributed by atoms with E-state index in [1.54, 1.807) is 4.90 Å². The minimum Gasteiger partial charge on any atom is -0.481 e. The first-order chi connectivity index (χ1) is 9.63. The summed E-state index contributed by atoms with van der Waals surface area (Å²) in [5.74, 6) is -0.940. The molecule has 1 amide bonds. The van der Waals surface area contributed by atoms with Gasteiger partial charge in [-0.25, -0.2) is 0 Å². The molecule has 0 aliphatic heterocycles. The molecule has 1 aromatic carbocycles. The molecule has 5 heteroatoms. The fourth-order valence-corrected chi connectivity index (χ4v) is 1.80. The molecule has 0 saturated carbocycles. The molecule has 0 aliphatic rings. The highest BCUT2D eigenvalue weighted by atomic mass is 16.4. The van der Waals surface area contributed by atoms with E-state index < -0.39 is 5.97 Å². The minimum atomic E-state index is -0.864. The third-order valence-corrected chi connectivity index (χ3v) is 2.90. The molecule has 0 aromatic heterocycles. The zero-order chi connectivity index (χ0) is 14.8. The number of carbonyl (C=O) groups excluding carboxylic acids is 1. The van der Waals surface area contributed by atoms with E-state index in [1.807, 2.05) is 30.3 Å². The van der Waals surface area contributed by atoms with Crippen molar-refractivity contribution in [3.8, 4) is 0 Å². The summed E-state index contributed by atoms with van der Waals surface area (Å²) in [7, 11) is 0. The summed E-state index contributed by atoms with van der Waals surface area (Å²) >= 11 is 0. The van der Waals surface area contributed by atoms with Crippen molar-refractivity contribution >= 4 is 17.6 Å². The monoisotopic (exact) mass is 278 g/mol. The third-order valence-electron chi connectivity index (χ3n) is 2.90. The van der Waals surface area contributed by atoms with Crippen LogP contribution in [0.2, 0.25) is 0 Å². The first kappa shape index (κ1) is 16.0. The van der Waals surface area contributed by atoms with E-state index in [4.69, 9.17) is 5.11 Å². The molecule has 0 heterocycles. The van der Waals surface area contributed by atoms with Crippen LogP contribution in [0.5, 0.6) is 0 Å². The molecular formula is C15H22N2O3. The lowest BCUT2D eigenvalue weighted by molar-refractivity contribution is -0.136. The van der Waals surface area contributed by atoms with Gasteiger partial charge in [-0.1, -0.05) is 31.5 Å². The van der Waals surface area contributed by atoms with Crippen LogP contribution in [0.15, 0.2) is 30.3 Å². The standard InChI is InChI=1S/C15H22N2O3/c1-2-3-10-16-14(18)12-17(11-9-15(19)20)13-7-5-4-6-8-13/h4-8H,2-3,9-12H2,1H3,(H,16,18)(H,19,20). The molecule has 0 fully saturated rings. The summed E-state index contributed by atoms with van der Waals surface area (Å²) in [6.07, 6.45) is 1.99. The molecule has 0 atom stereocenters. The highest BCUT2D eigenvalue weighted by Crippen LogP contribution is 2.13. The van der Waals surface area contributed by atoms with Gasteiger partial charge < -0.3 is 15.3 Å². The van der Waals surface area contributed by atoms with Crippen molar-refractivity contribution in [1.29, 1.82) is 0 Å². The van der Waals surface area contributed by atoms with Gasteiger partial charge in [0.2, 0.25) is 5.91 Å². The molecule has 0 bridgehead atoms. The van der Waals surface area contributed by atoms with Gasteiger partial charge in [-0.15, -0.1) is 0 Å². The molecular weight excluding hydrogens is 256 g/mol. The highest BCUT2D eigenvalue weighted by Gasteiger charge is 2.12. The number of benzene rings is 1. The van der Waals surface area contributed by atoms with Crippen LogP contribution in [0.3, 0.4) is 0 Å². The number of carboxylic acids is 1. The summed E-state index contributed by atoms with van der Waals surface area (Å²) in [5, 5.41) is 11.6. The second kappa shape index (κ2) is 8.96. The van der Waals surface area contributed by atoms with Gasteiger partial charge in [-0.2, -0.15) is 0 Å². The average molecular weight is 278 g/mol. The Morgan fingerprint density at radius 2 is 1.95 bits per heavy atom. The predicted octanol–water partition coefficient (Wildman–Crippen LogP) is 1.88. The maximum atomic E-state index is 11.8. The Hall–Kier alpha value is -2.04. The van der Waals surface area contributed by atoms with Gasteiger partial charge in [-0.3, -0.25) is 9.59 Å². The van der Waals surface area contributed by atoms with E-state index in [9.17, 15) is 9.59 Å². The van der Waals surface area contributed by atoms with Crippen LogP contribution in [0, 0.1) is 0 Å². The Labute approximate surface area is 119 Å². The molecule has 0 radical (unpaired) electrons. The molecule has 1 rings (SSSR count). The summed E-state index contributed by atoms with van der Waals surface area (Å²) < 4.78 is 0. The number of hydrogen-bond donors (Lipinski definition) is 2. The van der Waals surface area contributed by atoms with Crippen molar-refractivity contribution in [3.63, 3.8) is 0 Å². The topological polar surface area (TPSA) is 69.6 Å². The van der Waals surface area contributed by atoms with E-state index in [1.165, 1.54) is 0 Å².